The van der Waals surface area contributed by atoms with Crippen LogP contribution in [0.1, 0.15) is 31.1 Å². The number of halogens is 1. The van der Waals surface area contributed by atoms with Gasteiger partial charge in [-0.15, -0.1) is 0 Å². The topological polar surface area (TPSA) is 107 Å². The first-order valence-electron chi connectivity index (χ1n) is 6.91. The number of nitrogens with zero attached hydrogens (tertiary/aromatic N) is 2. The number of carbonyl (C=O) groups excluding carboxylic acids is 3. The summed E-state index contributed by atoms with van der Waals surface area (Å²) in [6.45, 7) is 0. The Hall–Kier alpha value is -3.07. The maximum Gasteiger partial charge on any atom is 0.344 e. The van der Waals surface area contributed by atoms with Crippen LogP contribution in [-0.4, -0.2) is 29.8 Å². The molecule has 2 aromatic rings. The van der Waals surface area contributed by atoms with Crippen molar-refractivity contribution in [3.05, 3.63) is 67.7 Å². The second-order valence-corrected chi connectivity index (χ2v) is 5.92. The van der Waals surface area contributed by atoms with E-state index in [1.807, 2.05) is 0 Å². The van der Waals surface area contributed by atoms with Crippen LogP contribution in [0.5, 0.6) is 0 Å². The van der Waals surface area contributed by atoms with Crippen LogP contribution in [0.15, 0.2) is 40.9 Å². The fourth-order valence-electron chi connectivity index (χ4n) is 2.56. The summed E-state index contributed by atoms with van der Waals surface area (Å²) in [5, 5.41) is 11.2. The number of ether oxygens (including phenoxy) is 1. The van der Waals surface area contributed by atoms with E-state index in [0.29, 0.717) is 0 Å². The molecule has 1 heterocycles. The molecule has 2 amide bonds. The molecular weight excluding hydrogens is 396 g/mol. The summed E-state index contributed by atoms with van der Waals surface area (Å²) in [4.78, 5) is 48.3. The lowest BCUT2D eigenvalue weighted by atomic mass is 10.1. The molecule has 0 unspecified atom stereocenters. The lowest BCUT2D eigenvalue weighted by Gasteiger charge is -2.16. The Balaban J connectivity index is 2.19. The highest BCUT2D eigenvalue weighted by Crippen LogP contribution is 2.37. The van der Waals surface area contributed by atoms with Gasteiger partial charge >= 0.3 is 5.97 Å². The van der Waals surface area contributed by atoms with E-state index in [1.165, 1.54) is 12.1 Å². The van der Waals surface area contributed by atoms with Crippen LogP contribution in [0.2, 0.25) is 0 Å². The molecule has 0 N–H and O–H groups in total. The highest BCUT2D eigenvalue weighted by Gasteiger charge is 2.38. The lowest BCUT2D eigenvalue weighted by molar-refractivity contribution is -0.385. The molecule has 1 aliphatic heterocycles. The predicted molar refractivity (Wildman–Crippen MR) is 89.7 cm³/mol. The van der Waals surface area contributed by atoms with Crippen LogP contribution < -0.4 is 4.90 Å². The third-order valence-corrected chi connectivity index (χ3v) is 4.34. The van der Waals surface area contributed by atoms with Crippen LogP contribution in [-0.2, 0) is 4.74 Å². The minimum Gasteiger partial charge on any atom is -0.465 e. The lowest BCUT2D eigenvalue weighted by Crippen LogP contribution is -2.30. The molecule has 0 radical (unpaired) electrons. The number of hydrogen-bond donors (Lipinski definition) is 0. The first kappa shape index (κ1) is 16.8. The van der Waals surface area contributed by atoms with E-state index >= 15 is 0 Å². The third-order valence-electron chi connectivity index (χ3n) is 3.70. The van der Waals surface area contributed by atoms with Gasteiger partial charge in [0.1, 0.15) is 5.56 Å². The smallest absolute Gasteiger partial charge is 0.344 e. The quantitative estimate of drug-likeness (QED) is 0.336. The van der Waals surface area contributed by atoms with E-state index in [-0.39, 0.29) is 26.9 Å². The van der Waals surface area contributed by atoms with Gasteiger partial charge in [0.05, 0.1) is 28.8 Å². The summed E-state index contributed by atoms with van der Waals surface area (Å²) in [6, 6.07) is 8.42. The number of esters is 1. The maximum atomic E-state index is 12.6. The van der Waals surface area contributed by atoms with Crippen molar-refractivity contribution in [1.82, 2.24) is 0 Å². The zero-order chi connectivity index (χ0) is 18.3. The molecule has 8 nitrogen and oxygen atoms in total. The number of carbonyl (C=O) groups is 3. The average molecular weight is 405 g/mol. The monoisotopic (exact) mass is 404 g/mol. The summed E-state index contributed by atoms with van der Waals surface area (Å²) in [5.41, 5.74) is -0.395. The molecule has 25 heavy (non-hydrogen) atoms. The molecule has 0 fully saturated rings. The molecular formula is C16H9BrN2O6. The van der Waals surface area contributed by atoms with Gasteiger partial charge in [0.25, 0.3) is 17.5 Å². The zero-order valence-electron chi connectivity index (χ0n) is 12.7. The van der Waals surface area contributed by atoms with E-state index in [4.69, 9.17) is 0 Å². The largest absolute Gasteiger partial charge is 0.465 e. The van der Waals surface area contributed by atoms with Crippen LogP contribution in [0.25, 0.3) is 0 Å². The molecule has 9 heteroatoms. The van der Waals surface area contributed by atoms with Gasteiger partial charge in [0.15, 0.2) is 0 Å². The van der Waals surface area contributed by atoms with Gasteiger partial charge in [-0.1, -0.05) is 12.1 Å². The van der Waals surface area contributed by atoms with Gasteiger partial charge in [-0.3, -0.25) is 19.7 Å². The Kier molecular flexibility index (Phi) is 4.09. The fraction of sp³-hybridized carbons (Fsp3) is 0.0625. The summed E-state index contributed by atoms with van der Waals surface area (Å²) in [5.74, 6) is -2.10. The van der Waals surface area contributed by atoms with Gasteiger partial charge < -0.3 is 4.74 Å². The second-order valence-electron chi connectivity index (χ2n) is 5.06. The molecule has 0 bridgehead atoms. The highest BCUT2D eigenvalue weighted by molar-refractivity contribution is 9.10. The van der Waals surface area contributed by atoms with Crippen molar-refractivity contribution in [3.8, 4) is 0 Å². The van der Waals surface area contributed by atoms with Gasteiger partial charge in [0.2, 0.25) is 0 Å². The van der Waals surface area contributed by atoms with E-state index in [1.54, 1.807) is 12.1 Å². The Morgan fingerprint density at radius 1 is 1.16 bits per heavy atom. The van der Waals surface area contributed by atoms with Crippen LogP contribution in [0.4, 0.5) is 11.4 Å². The van der Waals surface area contributed by atoms with E-state index in [0.717, 1.165) is 24.1 Å². The minimum absolute atomic E-state index is 0.0252. The number of benzene rings is 2. The molecule has 0 aliphatic carbocycles. The van der Waals surface area contributed by atoms with Gasteiger partial charge in [-0.2, -0.15) is 0 Å². The average Bonchev–Trinajstić information content (AvgIpc) is 2.85. The highest BCUT2D eigenvalue weighted by atomic mass is 79.9. The molecule has 0 saturated heterocycles. The number of hydrogen-bond acceptors (Lipinski definition) is 6. The number of anilines is 1. The number of amides is 2. The minimum atomic E-state index is -0.947. The standard InChI is InChI=1S/C16H9BrN2O6/c1-25-16(22)10-6-13(11(17)7-12(10)19(23)24)18-14(20)8-4-2-3-5-9(8)15(18)21/h2-7H,1H3. The summed E-state index contributed by atoms with van der Waals surface area (Å²) in [6.07, 6.45) is 0. The van der Waals surface area contributed by atoms with Crippen LogP contribution in [0, 0.1) is 10.1 Å². The first-order chi connectivity index (χ1) is 11.9. The third kappa shape index (κ3) is 2.58. The van der Waals surface area contributed by atoms with E-state index in [9.17, 15) is 24.5 Å². The van der Waals surface area contributed by atoms with Crippen molar-refractivity contribution in [3.63, 3.8) is 0 Å². The molecule has 3 rings (SSSR count). The first-order valence-corrected chi connectivity index (χ1v) is 7.70. The number of fused-ring (bicyclic) bond motifs is 1. The summed E-state index contributed by atoms with van der Waals surface area (Å²) >= 11 is 3.13. The summed E-state index contributed by atoms with van der Waals surface area (Å²) < 4.78 is 4.68. The van der Waals surface area contributed by atoms with Crippen molar-refractivity contribution < 1.29 is 24.0 Å². The molecule has 0 atom stereocenters. The fourth-order valence-corrected chi connectivity index (χ4v) is 3.06. The van der Waals surface area contributed by atoms with Crippen LogP contribution >= 0.6 is 15.9 Å². The molecule has 0 spiro atoms. The molecule has 0 saturated carbocycles. The van der Waals surface area contributed by atoms with Crippen molar-refractivity contribution in [1.29, 1.82) is 0 Å². The van der Waals surface area contributed by atoms with Gasteiger partial charge in [-0.25, -0.2) is 9.69 Å². The molecule has 2 aromatic carbocycles. The van der Waals surface area contributed by atoms with E-state index < -0.39 is 28.4 Å². The molecule has 126 valence electrons. The van der Waals surface area contributed by atoms with E-state index in [2.05, 4.69) is 20.7 Å². The Labute approximate surface area is 149 Å². The van der Waals surface area contributed by atoms with Gasteiger partial charge in [-0.05, 0) is 34.1 Å². The van der Waals surface area contributed by atoms with Gasteiger partial charge in [0, 0.05) is 10.5 Å². The number of imide groups is 1. The number of rotatable bonds is 3. The number of nitro groups is 1. The van der Waals surface area contributed by atoms with Crippen molar-refractivity contribution in [2.24, 2.45) is 0 Å². The van der Waals surface area contributed by atoms with Crippen molar-refractivity contribution in [2.45, 2.75) is 0 Å². The number of nitro benzene ring substituents is 1. The molecule has 1 aliphatic rings. The number of methoxy groups -OCH3 is 1. The second kappa shape index (κ2) is 6.10. The molecule has 0 aromatic heterocycles. The van der Waals surface area contributed by atoms with Crippen molar-refractivity contribution >= 4 is 45.1 Å². The maximum absolute atomic E-state index is 12.6. The Morgan fingerprint density at radius 3 is 2.20 bits per heavy atom. The Bertz CT molecular complexity index is 921. The zero-order valence-corrected chi connectivity index (χ0v) is 14.3. The van der Waals surface area contributed by atoms with Crippen LogP contribution in [0.3, 0.4) is 0 Å². The SMILES string of the molecule is COC(=O)c1cc(N2C(=O)c3ccccc3C2=O)c(Br)cc1[N+](=O)[O-]. The Morgan fingerprint density at radius 2 is 1.72 bits per heavy atom. The summed E-state index contributed by atoms with van der Waals surface area (Å²) in [7, 11) is 1.08. The van der Waals surface area contributed by atoms with Crippen molar-refractivity contribution in [2.75, 3.05) is 12.0 Å². The predicted octanol–water partition coefficient (Wildman–Crippen LogP) is 2.94. The normalized spacial score (nSPS) is 13.0.